The quantitative estimate of drug-likeness (QED) is 0.602. The molecule has 6 heteroatoms. The lowest BCUT2D eigenvalue weighted by molar-refractivity contribution is 0.263. The van der Waals surface area contributed by atoms with E-state index in [1.807, 2.05) is 48.5 Å². The third-order valence-electron chi connectivity index (χ3n) is 4.66. The summed E-state index contributed by atoms with van der Waals surface area (Å²) >= 11 is 0. The first kappa shape index (κ1) is 16.7. The largest absolute Gasteiger partial charge is 0.394 e. The summed E-state index contributed by atoms with van der Waals surface area (Å²) in [6.07, 6.45) is 1.70. The Bertz CT molecular complexity index is 635. The Morgan fingerprint density at radius 1 is 0.750 bits per heavy atom. The van der Waals surface area contributed by atoms with Gasteiger partial charge in [0.2, 0.25) is 0 Å². The molecule has 0 saturated heterocycles. The minimum atomic E-state index is 0.0578. The van der Waals surface area contributed by atoms with Gasteiger partial charge in [-0.3, -0.25) is 0 Å². The number of aliphatic hydroxyl groups is 2. The van der Waals surface area contributed by atoms with E-state index in [1.165, 1.54) is 11.1 Å². The molecular formula is C18H24N4O2. The molecule has 0 spiro atoms. The van der Waals surface area contributed by atoms with E-state index in [1.54, 1.807) is 10.0 Å². The van der Waals surface area contributed by atoms with Gasteiger partial charge in [0.15, 0.2) is 0 Å². The normalized spacial score (nSPS) is 21.2. The van der Waals surface area contributed by atoms with Gasteiger partial charge in [-0.15, -0.1) is 0 Å². The summed E-state index contributed by atoms with van der Waals surface area (Å²) in [6, 6.07) is 16.1. The average molecular weight is 328 g/mol. The van der Waals surface area contributed by atoms with Crippen molar-refractivity contribution in [2.45, 2.75) is 24.9 Å². The molecule has 6 nitrogen and oxygen atoms in total. The molecular weight excluding hydrogens is 304 g/mol. The summed E-state index contributed by atoms with van der Waals surface area (Å²) in [5, 5.41) is 21.3. The minimum Gasteiger partial charge on any atom is -0.394 e. The monoisotopic (exact) mass is 328 g/mol. The summed E-state index contributed by atoms with van der Waals surface area (Å²) < 4.78 is 0. The minimum absolute atomic E-state index is 0.0578. The standard InChI is InChI=1S/2C9H12N2O/c2*10-11-8(6-12)5-7-3-1-2-4-9(7)11/h2*1-4,8,12H,5-6,10H2/t8-;/m0./s1. The number of aliphatic hydroxyl groups excluding tert-OH is 2. The van der Waals surface area contributed by atoms with Crippen molar-refractivity contribution in [3.8, 4) is 0 Å². The maximum atomic E-state index is 8.99. The molecule has 6 N–H and O–H groups in total. The second-order valence-corrected chi connectivity index (χ2v) is 6.15. The molecule has 2 aliphatic heterocycles. The number of nitrogens with two attached hydrogens (primary N) is 2. The highest BCUT2D eigenvalue weighted by Crippen LogP contribution is 2.29. The Kier molecular flexibility index (Phi) is 5.01. The molecule has 24 heavy (non-hydrogen) atoms. The average Bonchev–Trinajstić information content (AvgIpc) is 3.13. The number of anilines is 2. The number of hydrogen-bond donors (Lipinski definition) is 4. The molecule has 0 fully saturated rings. The fourth-order valence-corrected chi connectivity index (χ4v) is 3.27. The lowest BCUT2D eigenvalue weighted by Gasteiger charge is -2.19. The second kappa shape index (κ2) is 7.19. The van der Waals surface area contributed by atoms with E-state index in [4.69, 9.17) is 21.9 Å². The highest BCUT2D eigenvalue weighted by molar-refractivity contribution is 5.58. The predicted octanol–water partition coefficient (Wildman–Crippen LogP) is 0.567. The molecule has 0 amide bonds. The van der Waals surface area contributed by atoms with Gasteiger partial charge in [-0.25, -0.2) is 11.7 Å². The van der Waals surface area contributed by atoms with E-state index in [0.29, 0.717) is 0 Å². The van der Waals surface area contributed by atoms with E-state index < -0.39 is 0 Å². The summed E-state index contributed by atoms with van der Waals surface area (Å²) in [4.78, 5) is 0. The van der Waals surface area contributed by atoms with Crippen molar-refractivity contribution in [3.05, 3.63) is 59.7 Å². The molecule has 2 heterocycles. The van der Waals surface area contributed by atoms with Gasteiger partial charge in [-0.1, -0.05) is 36.4 Å². The highest BCUT2D eigenvalue weighted by atomic mass is 16.3. The maximum Gasteiger partial charge on any atom is 0.0724 e. The zero-order valence-corrected chi connectivity index (χ0v) is 13.5. The molecule has 2 atom stereocenters. The topological polar surface area (TPSA) is 99.0 Å². The first-order valence-electron chi connectivity index (χ1n) is 8.11. The second-order valence-electron chi connectivity index (χ2n) is 6.15. The van der Waals surface area contributed by atoms with Crippen LogP contribution in [0.4, 0.5) is 11.4 Å². The van der Waals surface area contributed by atoms with Crippen LogP contribution >= 0.6 is 0 Å². The fraction of sp³-hybridized carbons (Fsp3) is 0.333. The van der Waals surface area contributed by atoms with Crippen molar-refractivity contribution in [2.24, 2.45) is 11.7 Å². The number of hydrazine groups is 2. The van der Waals surface area contributed by atoms with Gasteiger partial charge < -0.3 is 20.2 Å². The number of para-hydroxylation sites is 2. The lowest BCUT2D eigenvalue weighted by atomic mass is 10.1. The van der Waals surface area contributed by atoms with Gasteiger partial charge in [-0.05, 0) is 36.1 Å². The van der Waals surface area contributed by atoms with Crippen molar-refractivity contribution in [1.29, 1.82) is 0 Å². The maximum absolute atomic E-state index is 8.99. The highest BCUT2D eigenvalue weighted by Gasteiger charge is 2.26. The first-order chi connectivity index (χ1) is 11.7. The molecule has 2 aliphatic rings. The fourth-order valence-electron chi connectivity index (χ4n) is 3.27. The van der Waals surface area contributed by atoms with Gasteiger partial charge in [0, 0.05) is 0 Å². The van der Waals surface area contributed by atoms with Crippen molar-refractivity contribution in [1.82, 2.24) is 0 Å². The molecule has 128 valence electrons. The number of hydrogen-bond acceptors (Lipinski definition) is 6. The van der Waals surface area contributed by atoms with Crippen molar-refractivity contribution < 1.29 is 10.2 Å². The van der Waals surface area contributed by atoms with Crippen LogP contribution in [0.3, 0.4) is 0 Å². The molecule has 0 aromatic heterocycles. The zero-order valence-electron chi connectivity index (χ0n) is 13.5. The Morgan fingerprint density at radius 3 is 1.46 bits per heavy atom. The molecule has 2 aromatic carbocycles. The molecule has 0 bridgehead atoms. The molecule has 0 saturated carbocycles. The third kappa shape index (κ3) is 3.09. The van der Waals surface area contributed by atoms with E-state index in [9.17, 15) is 0 Å². The van der Waals surface area contributed by atoms with E-state index in [0.717, 1.165) is 24.2 Å². The van der Waals surface area contributed by atoms with Gasteiger partial charge in [0.25, 0.3) is 0 Å². The lowest BCUT2D eigenvalue weighted by Crippen LogP contribution is -2.40. The van der Waals surface area contributed by atoms with E-state index in [-0.39, 0.29) is 25.3 Å². The van der Waals surface area contributed by atoms with Crippen LogP contribution < -0.4 is 21.7 Å². The van der Waals surface area contributed by atoms with Gasteiger partial charge >= 0.3 is 0 Å². The molecule has 2 aromatic rings. The third-order valence-corrected chi connectivity index (χ3v) is 4.66. The SMILES string of the molecule is NN1c2ccccc2CC1CO.NN1c2ccccc2C[C@H]1CO. The Hall–Kier alpha value is -2.12. The van der Waals surface area contributed by atoms with Crippen LogP contribution in [0.25, 0.3) is 0 Å². The van der Waals surface area contributed by atoms with Crippen LogP contribution in [-0.4, -0.2) is 35.5 Å². The zero-order chi connectivity index (χ0) is 17.1. The molecule has 1 unspecified atom stereocenters. The number of rotatable bonds is 2. The van der Waals surface area contributed by atoms with Crippen LogP contribution in [0.1, 0.15) is 11.1 Å². The summed E-state index contributed by atoms with van der Waals surface area (Å²) in [5.41, 5.74) is 4.52. The van der Waals surface area contributed by atoms with Crippen molar-refractivity contribution in [2.75, 3.05) is 23.2 Å². The summed E-state index contributed by atoms with van der Waals surface area (Å²) in [7, 11) is 0. The number of nitrogens with zero attached hydrogens (tertiary/aromatic N) is 2. The van der Waals surface area contributed by atoms with E-state index >= 15 is 0 Å². The van der Waals surface area contributed by atoms with Crippen LogP contribution in [0, 0.1) is 0 Å². The van der Waals surface area contributed by atoms with Gasteiger partial charge in [0.05, 0.1) is 36.7 Å². The Balaban J connectivity index is 0.000000141. The Morgan fingerprint density at radius 2 is 1.12 bits per heavy atom. The molecule has 0 aliphatic carbocycles. The molecule has 4 rings (SSSR count). The van der Waals surface area contributed by atoms with Crippen LogP contribution in [0.5, 0.6) is 0 Å². The smallest absolute Gasteiger partial charge is 0.0724 e. The van der Waals surface area contributed by atoms with Crippen LogP contribution in [-0.2, 0) is 12.8 Å². The summed E-state index contributed by atoms with van der Waals surface area (Å²) in [5.74, 6) is 11.5. The Labute approximate surface area is 141 Å². The van der Waals surface area contributed by atoms with Crippen LogP contribution in [0.15, 0.2) is 48.5 Å². The van der Waals surface area contributed by atoms with Crippen LogP contribution in [0.2, 0.25) is 0 Å². The van der Waals surface area contributed by atoms with E-state index in [2.05, 4.69) is 0 Å². The van der Waals surface area contributed by atoms with Crippen molar-refractivity contribution in [3.63, 3.8) is 0 Å². The number of benzene rings is 2. The first-order valence-corrected chi connectivity index (χ1v) is 8.11. The predicted molar refractivity (Wildman–Crippen MR) is 95.4 cm³/mol. The molecule has 0 radical (unpaired) electrons. The van der Waals surface area contributed by atoms with Crippen molar-refractivity contribution >= 4 is 11.4 Å². The number of fused-ring (bicyclic) bond motifs is 2. The van der Waals surface area contributed by atoms with Gasteiger partial charge in [-0.2, -0.15) is 0 Å². The summed E-state index contributed by atoms with van der Waals surface area (Å²) in [6.45, 7) is 0.232. The van der Waals surface area contributed by atoms with Gasteiger partial charge in [0.1, 0.15) is 0 Å².